The van der Waals surface area contributed by atoms with Crippen LogP contribution < -0.4 is 0 Å². The first-order chi connectivity index (χ1) is 17.0. The number of para-hydroxylation sites is 1. The molecule has 1 fully saturated rings. The van der Waals surface area contributed by atoms with Crippen molar-refractivity contribution >= 4 is 28.8 Å². The van der Waals surface area contributed by atoms with Crippen LogP contribution in [-0.4, -0.2) is 63.4 Å². The fourth-order valence-corrected chi connectivity index (χ4v) is 4.87. The van der Waals surface area contributed by atoms with Crippen molar-refractivity contribution < 1.29 is 28.6 Å². The van der Waals surface area contributed by atoms with Gasteiger partial charge in [0.2, 0.25) is 5.78 Å². The Morgan fingerprint density at radius 3 is 2.54 bits per heavy atom. The summed E-state index contributed by atoms with van der Waals surface area (Å²) in [5, 5.41) is 11.7. The van der Waals surface area contributed by atoms with Gasteiger partial charge in [-0.15, -0.1) is 0 Å². The third-order valence-electron chi connectivity index (χ3n) is 6.54. The number of aromatic nitrogens is 1. The lowest BCUT2D eigenvalue weighted by atomic mass is 9.93. The van der Waals surface area contributed by atoms with Gasteiger partial charge in [0.15, 0.2) is 11.5 Å². The number of amides is 2. The van der Waals surface area contributed by atoms with Gasteiger partial charge in [0, 0.05) is 36.9 Å². The van der Waals surface area contributed by atoms with Crippen molar-refractivity contribution in [2.45, 2.75) is 31.8 Å². The lowest BCUT2D eigenvalue weighted by Crippen LogP contribution is -2.48. The lowest BCUT2D eigenvalue weighted by molar-refractivity contribution is -0.132. The van der Waals surface area contributed by atoms with Crippen molar-refractivity contribution in [2.24, 2.45) is 0 Å². The Bertz CT molecular complexity index is 1270. The Morgan fingerprint density at radius 2 is 1.86 bits per heavy atom. The van der Waals surface area contributed by atoms with Gasteiger partial charge in [-0.2, -0.15) is 0 Å². The van der Waals surface area contributed by atoms with Gasteiger partial charge < -0.3 is 24.1 Å². The number of rotatable bonds is 5. The van der Waals surface area contributed by atoms with Gasteiger partial charge in [-0.3, -0.25) is 14.6 Å². The van der Waals surface area contributed by atoms with E-state index in [4.69, 9.17) is 9.15 Å². The molecule has 9 heteroatoms. The first-order valence-electron chi connectivity index (χ1n) is 11.6. The SMILES string of the molecule is CCOC(=O)N1CCC(N2C(=O)C(O)=C(C(=O)c3cc4ccccc4o3)C2c2ccncc2)CC1. The van der Waals surface area contributed by atoms with Crippen molar-refractivity contribution in [2.75, 3.05) is 19.7 Å². The second-order valence-electron chi connectivity index (χ2n) is 8.55. The van der Waals surface area contributed by atoms with Gasteiger partial charge in [0.25, 0.3) is 5.91 Å². The number of likely N-dealkylation sites (tertiary alicyclic amines) is 1. The van der Waals surface area contributed by atoms with Crippen LogP contribution in [0.4, 0.5) is 4.79 Å². The second kappa shape index (κ2) is 9.25. The number of hydrogen-bond acceptors (Lipinski definition) is 7. The van der Waals surface area contributed by atoms with Crippen molar-refractivity contribution in [3.63, 3.8) is 0 Å². The molecule has 0 radical (unpaired) electrons. The summed E-state index contributed by atoms with van der Waals surface area (Å²) in [5.41, 5.74) is 1.18. The first-order valence-corrected chi connectivity index (χ1v) is 11.6. The van der Waals surface area contributed by atoms with Crippen LogP contribution in [0.5, 0.6) is 0 Å². The van der Waals surface area contributed by atoms with Gasteiger partial charge in [-0.05, 0) is 49.6 Å². The fourth-order valence-electron chi connectivity index (χ4n) is 4.87. The molecule has 2 aromatic heterocycles. The Kier molecular flexibility index (Phi) is 5.98. The van der Waals surface area contributed by atoms with Gasteiger partial charge in [0.05, 0.1) is 18.2 Å². The van der Waals surface area contributed by atoms with Crippen LogP contribution in [0.3, 0.4) is 0 Å². The van der Waals surface area contributed by atoms with E-state index >= 15 is 0 Å². The number of hydrogen-bond donors (Lipinski definition) is 1. The van der Waals surface area contributed by atoms with Gasteiger partial charge in [0.1, 0.15) is 5.58 Å². The topological polar surface area (TPSA) is 113 Å². The minimum Gasteiger partial charge on any atom is -0.503 e. The molecule has 5 rings (SSSR count). The smallest absolute Gasteiger partial charge is 0.409 e. The number of furan rings is 1. The highest BCUT2D eigenvalue weighted by Crippen LogP contribution is 2.42. The summed E-state index contributed by atoms with van der Waals surface area (Å²) in [6.45, 7) is 2.86. The van der Waals surface area contributed by atoms with Crippen LogP contribution >= 0.6 is 0 Å². The van der Waals surface area contributed by atoms with Crippen LogP contribution in [0, 0.1) is 0 Å². The zero-order valence-electron chi connectivity index (χ0n) is 19.2. The van der Waals surface area contributed by atoms with Crippen LogP contribution in [0.2, 0.25) is 0 Å². The van der Waals surface area contributed by atoms with Crippen molar-refractivity contribution in [3.05, 3.63) is 77.5 Å². The summed E-state index contributed by atoms with van der Waals surface area (Å²) in [5.74, 6) is -1.68. The van der Waals surface area contributed by atoms with Gasteiger partial charge in [-0.1, -0.05) is 18.2 Å². The van der Waals surface area contributed by atoms with E-state index in [9.17, 15) is 19.5 Å². The summed E-state index contributed by atoms with van der Waals surface area (Å²) in [4.78, 5) is 46.3. The van der Waals surface area contributed by atoms with Crippen molar-refractivity contribution in [3.8, 4) is 0 Å². The second-order valence-corrected chi connectivity index (χ2v) is 8.55. The number of nitrogens with zero attached hydrogens (tertiary/aromatic N) is 3. The molecule has 0 bridgehead atoms. The molecule has 35 heavy (non-hydrogen) atoms. The molecule has 1 aromatic carbocycles. The highest BCUT2D eigenvalue weighted by atomic mass is 16.6. The summed E-state index contributed by atoms with van der Waals surface area (Å²) >= 11 is 0. The van der Waals surface area contributed by atoms with Gasteiger partial charge in [-0.25, -0.2) is 4.79 Å². The number of Topliss-reactive ketones (excluding diaryl/α,β-unsaturated/α-hetero) is 1. The molecule has 0 spiro atoms. The van der Waals surface area contributed by atoms with E-state index in [0.29, 0.717) is 43.7 Å². The molecule has 1 unspecified atom stereocenters. The number of piperidine rings is 1. The first kappa shape index (κ1) is 22.6. The third-order valence-corrected chi connectivity index (χ3v) is 6.54. The maximum atomic E-state index is 13.6. The predicted molar refractivity (Wildman–Crippen MR) is 126 cm³/mol. The summed E-state index contributed by atoms with van der Waals surface area (Å²) < 4.78 is 10.8. The summed E-state index contributed by atoms with van der Waals surface area (Å²) in [6, 6.07) is 11.2. The molecule has 0 aliphatic carbocycles. The monoisotopic (exact) mass is 475 g/mol. The standard InChI is InChI=1S/C26H25N3O6/c1-2-34-26(33)28-13-9-18(10-14-28)29-22(16-7-11-27-12-8-16)21(24(31)25(29)32)23(30)20-15-17-5-3-4-6-19(17)35-20/h3-8,11-12,15,18,22,31H,2,9-10,13-14H2,1H3. The van der Waals surface area contributed by atoms with Crippen molar-refractivity contribution in [1.29, 1.82) is 0 Å². The summed E-state index contributed by atoms with van der Waals surface area (Å²) in [7, 11) is 0. The molecule has 0 saturated carbocycles. The molecule has 3 aromatic rings. The zero-order valence-corrected chi connectivity index (χ0v) is 19.2. The number of aliphatic hydroxyl groups is 1. The number of benzene rings is 1. The van der Waals surface area contributed by atoms with E-state index in [1.54, 1.807) is 59.4 Å². The maximum Gasteiger partial charge on any atom is 0.409 e. The largest absolute Gasteiger partial charge is 0.503 e. The third kappa shape index (κ3) is 4.03. The number of carbonyl (C=O) groups is 3. The molecule has 1 atom stereocenters. The molecular formula is C26H25N3O6. The molecule has 2 aliphatic rings. The molecule has 1 saturated heterocycles. The van der Waals surface area contributed by atoms with Crippen LogP contribution in [0.15, 0.2) is 70.6 Å². The van der Waals surface area contributed by atoms with E-state index in [1.165, 1.54) is 0 Å². The van der Waals surface area contributed by atoms with E-state index < -0.39 is 23.5 Å². The molecule has 9 nitrogen and oxygen atoms in total. The zero-order chi connectivity index (χ0) is 24.5. The average molecular weight is 476 g/mol. The fraction of sp³-hybridized carbons (Fsp3) is 0.308. The maximum absolute atomic E-state index is 13.6. The molecule has 180 valence electrons. The number of aliphatic hydroxyl groups excluding tert-OH is 1. The highest BCUT2D eigenvalue weighted by Gasteiger charge is 2.48. The van der Waals surface area contributed by atoms with E-state index in [2.05, 4.69) is 4.98 Å². The lowest BCUT2D eigenvalue weighted by Gasteiger charge is -2.39. The minimum atomic E-state index is -0.801. The minimum absolute atomic E-state index is 0.0203. The van der Waals surface area contributed by atoms with E-state index in [0.717, 1.165) is 5.39 Å². The summed E-state index contributed by atoms with van der Waals surface area (Å²) in [6.07, 6.45) is 3.77. The van der Waals surface area contributed by atoms with Crippen LogP contribution in [0.1, 0.15) is 41.9 Å². The number of ether oxygens (including phenoxy) is 1. The van der Waals surface area contributed by atoms with E-state index in [-0.39, 0.29) is 23.5 Å². The molecule has 4 heterocycles. The van der Waals surface area contributed by atoms with Crippen LogP contribution in [0.25, 0.3) is 11.0 Å². The normalized spacial score (nSPS) is 19.0. The number of pyridine rings is 1. The number of carbonyl (C=O) groups excluding carboxylic acids is 3. The predicted octanol–water partition coefficient (Wildman–Crippen LogP) is 4.03. The van der Waals surface area contributed by atoms with Gasteiger partial charge >= 0.3 is 6.09 Å². The Morgan fingerprint density at radius 1 is 1.14 bits per heavy atom. The molecule has 1 N–H and O–H groups in total. The van der Waals surface area contributed by atoms with E-state index in [1.807, 2.05) is 12.1 Å². The Labute approximate surface area is 201 Å². The molecule has 2 amide bonds. The number of ketones is 1. The van der Waals surface area contributed by atoms with Crippen molar-refractivity contribution in [1.82, 2.24) is 14.8 Å². The molecular weight excluding hydrogens is 450 g/mol. The highest BCUT2D eigenvalue weighted by molar-refractivity contribution is 6.16. The number of fused-ring (bicyclic) bond motifs is 1. The quantitative estimate of drug-likeness (QED) is 0.554. The average Bonchev–Trinajstić information content (AvgIpc) is 3.43. The Hall–Kier alpha value is -4.14. The van der Waals surface area contributed by atoms with Crippen LogP contribution in [-0.2, 0) is 9.53 Å². The Balaban J connectivity index is 1.48. The molecule has 2 aliphatic heterocycles.